The normalized spacial score (nSPS) is 10.7. The van der Waals surface area contributed by atoms with E-state index in [1.807, 2.05) is 0 Å². The topological polar surface area (TPSA) is 15.8 Å². The summed E-state index contributed by atoms with van der Waals surface area (Å²) in [6.07, 6.45) is 2.07. The molecule has 0 atom stereocenters. The highest BCUT2D eigenvalue weighted by Crippen LogP contribution is 2.29. The molecule has 0 fully saturated rings. The summed E-state index contributed by atoms with van der Waals surface area (Å²) >= 11 is 0. The van der Waals surface area contributed by atoms with E-state index >= 15 is 0 Å². The average molecular weight is 323 g/mol. The number of hydrogen-bond donors (Lipinski definition) is 1. The molecule has 3 aromatic carbocycles. The minimum atomic E-state index is 1.03. The number of aromatic amines is 1. The molecule has 122 valence electrons. The smallest absolute Gasteiger partial charge is 0.0491 e. The second-order valence-electron chi connectivity index (χ2n) is 6.30. The molecule has 0 saturated heterocycles. The van der Waals surface area contributed by atoms with Crippen molar-refractivity contribution in [2.24, 2.45) is 0 Å². The maximum Gasteiger partial charge on any atom is 0.0491 e. The van der Waals surface area contributed by atoms with Gasteiger partial charge in [-0.1, -0.05) is 91.0 Å². The van der Waals surface area contributed by atoms with Crippen molar-refractivity contribution in [3.05, 3.63) is 108 Å². The zero-order valence-electron chi connectivity index (χ0n) is 14.2. The van der Waals surface area contributed by atoms with Crippen molar-refractivity contribution in [1.82, 2.24) is 4.98 Å². The van der Waals surface area contributed by atoms with E-state index in [1.54, 1.807) is 0 Å². The molecule has 4 rings (SSSR count). The molecule has 4 aromatic rings. The van der Waals surface area contributed by atoms with Crippen LogP contribution >= 0.6 is 0 Å². The van der Waals surface area contributed by atoms with Gasteiger partial charge in [0.05, 0.1) is 0 Å². The SMILES string of the molecule is c1ccc(CCc2cc(-c3ccccc3)[nH]c2-c2ccccc2)cc1. The van der Waals surface area contributed by atoms with Crippen molar-refractivity contribution >= 4 is 0 Å². The first-order chi connectivity index (χ1) is 12.4. The fourth-order valence-electron chi connectivity index (χ4n) is 3.25. The Morgan fingerprint density at radius 3 is 1.76 bits per heavy atom. The molecule has 0 amide bonds. The third kappa shape index (κ3) is 3.56. The van der Waals surface area contributed by atoms with E-state index in [0.717, 1.165) is 12.8 Å². The third-order valence-corrected chi connectivity index (χ3v) is 4.57. The van der Waals surface area contributed by atoms with Crippen molar-refractivity contribution in [2.45, 2.75) is 12.8 Å². The summed E-state index contributed by atoms with van der Waals surface area (Å²) in [5, 5.41) is 0. The van der Waals surface area contributed by atoms with Crippen LogP contribution in [0.5, 0.6) is 0 Å². The van der Waals surface area contributed by atoms with Gasteiger partial charge >= 0.3 is 0 Å². The summed E-state index contributed by atoms with van der Waals surface area (Å²) in [6, 6.07) is 34.1. The Kier molecular flexibility index (Phi) is 4.47. The fourth-order valence-corrected chi connectivity index (χ4v) is 3.25. The lowest BCUT2D eigenvalue weighted by atomic mass is 10.0. The van der Waals surface area contributed by atoms with Gasteiger partial charge < -0.3 is 4.98 Å². The van der Waals surface area contributed by atoms with Crippen LogP contribution in [0.15, 0.2) is 97.1 Å². The first-order valence-corrected chi connectivity index (χ1v) is 8.77. The molecule has 1 nitrogen and oxygen atoms in total. The Hall–Kier alpha value is -3.06. The molecule has 0 aliphatic heterocycles. The molecule has 0 aliphatic carbocycles. The van der Waals surface area contributed by atoms with Crippen LogP contribution in [0.1, 0.15) is 11.1 Å². The fraction of sp³-hybridized carbons (Fsp3) is 0.0833. The highest BCUT2D eigenvalue weighted by molar-refractivity contribution is 5.71. The number of aryl methyl sites for hydroxylation is 2. The Morgan fingerprint density at radius 2 is 1.12 bits per heavy atom. The van der Waals surface area contributed by atoms with Crippen LogP contribution in [0, 0.1) is 0 Å². The molecule has 1 heterocycles. The standard InChI is InChI=1S/C24H21N/c1-4-10-19(11-5-1)16-17-22-18-23(20-12-6-2-7-13-20)25-24(22)21-14-8-3-9-15-21/h1-15,18,25H,16-17H2. The van der Waals surface area contributed by atoms with Gasteiger partial charge in [-0.25, -0.2) is 0 Å². The molecule has 1 heteroatoms. The molecule has 0 saturated carbocycles. The van der Waals surface area contributed by atoms with Gasteiger partial charge in [0.1, 0.15) is 0 Å². The molecular weight excluding hydrogens is 302 g/mol. The van der Waals surface area contributed by atoms with Gasteiger partial charge in [-0.3, -0.25) is 0 Å². The molecule has 1 N–H and O–H groups in total. The number of rotatable bonds is 5. The van der Waals surface area contributed by atoms with E-state index < -0.39 is 0 Å². The van der Waals surface area contributed by atoms with Gasteiger partial charge in [-0.2, -0.15) is 0 Å². The van der Waals surface area contributed by atoms with Gasteiger partial charge in [0.2, 0.25) is 0 Å². The summed E-state index contributed by atoms with van der Waals surface area (Å²) in [4.78, 5) is 3.65. The van der Waals surface area contributed by atoms with Crippen LogP contribution in [-0.4, -0.2) is 4.98 Å². The lowest BCUT2D eigenvalue weighted by Crippen LogP contribution is -1.92. The molecule has 0 radical (unpaired) electrons. The first kappa shape index (κ1) is 15.5. The Morgan fingerprint density at radius 1 is 0.560 bits per heavy atom. The van der Waals surface area contributed by atoms with E-state index in [4.69, 9.17) is 0 Å². The molecular formula is C24H21N. The predicted octanol–water partition coefficient (Wildman–Crippen LogP) is 6.13. The zero-order chi connectivity index (χ0) is 16.9. The number of nitrogens with one attached hydrogen (secondary N) is 1. The Labute approximate surface area is 149 Å². The Balaban J connectivity index is 1.69. The van der Waals surface area contributed by atoms with Crippen molar-refractivity contribution in [3.63, 3.8) is 0 Å². The van der Waals surface area contributed by atoms with Crippen molar-refractivity contribution < 1.29 is 0 Å². The quantitative estimate of drug-likeness (QED) is 0.454. The molecule has 0 unspecified atom stereocenters. The van der Waals surface area contributed by atoms with Gasteiger partial charge in [-0.05, 0) is 41.2 Å². The first-order valence-electron chi connectivity index (χ1n) is 8.77. The number of benzene rings is 3. The summed E-state index contributed by atoms with van der Waals surface area (Å²) in [6.45, 7) is 0. The van der Waals surface area contributed by atoms with E-state index in [-0.39, 0.29) is 0 Å². The van der Waals surface area contributed by atoms with Crippen LogP contribution in [0.25, 0.3) is 22.5 Å². The van der Waals surface area contributed by atoms with Crippen LogP contribution in [-0.2, 0) is 12.8 Å². The lowest BCUT2D eigenvalue weighted by molar-refractivity contribution is 0.964. The van der Waals surface area contributed by atoms with Gasteiger partial charge in [0.25, 0.3) is 0 Å². The second-order valence-corrected chi connectivity index (χ2v) is 6.30. The van der Waals surface area contributed by atoms with E-state index in [2.05, 4.69) is 102 Å². The second kappa shape index (κ2) is 7.23. The van der Waals surface area contributed by atoms with E-state index in [1.165, 1.54) is 33.6 Å². The van der Waals surface area contributed by atoms with E-state index in [0.29, 0.717) is 0 Å². The highest BCUT2D eigenvalue weighted by atomic mass is 14.7. The van der Waals surface area contributed by atoms with Crippen LogP contribution in [0.4, 0.5) is 0 Å². The minimum absolute atomic E-state index is 1.03. The maximum absolute atomic E-state index is 3.65. The van der Waals surface area contributed by atoms with Crippen molar-refractivity contribution in [1.29, 1.82) is 0 Å². The molecule has 0 spiro atoms. The number of H-pyrrole nitrogens is 1. The summed E-state index contributed by atoms with van der Waals surface area (Å²) in [5.41, 5.74) is 7.63. The number of hydrogen-bond acceptors (Lipinski definition) is 0. The molecule has 0 aliphatic rings. The summed E-state index contributed by atoms with van der Waals surface area (Å²) in [7, 11) is 0. The lowest BCUT2D eigenvalue weighted by Gasteiger charge is -2.05. The molecule has 0 bridgehead atoms. The van der Waals surface area contributed by atoms with Gasteiger partial charge in [0, 0.05) is 11.4 Å². The maximum atomic E-state index is 3.65. The number of aromatic nitrogens is 1. The largest absolute Gasteiger partial charge is 0.354 e. The highest BCUT2D eigenvalue weighted by Gasteiger charge is 2.11. The molecule has 25 heavy (non-hydrogen) atoms. The van der Waals surface area contributed by atoms with Crippen LogP contribution in [0.3, 0.4) is 0 Å². The van der Waals surface area contributed by atoms with E-state index in [9.17, 15) is 0 Å². The van der Waals surface area contributed by atoms with Crippen LogP contribution < -0.4 is 0 Å². The van der Waals surface area contributed by atoms with Gasteiger partial charge in [-0.15, -0.1) is 0 Å². The van der Waals surface area contributed by atoms with Crippen molar-refractivity contribution in [3.8, 4) is 22.5 Å². The summed E-state index contributed by atoms with van der Waals surface area (Å²) in [5.74, 6) is 0. The van der Waals surface area contributed by atoms with Crippen molar-refractivity contribution in [2.75, 3.05) is 0 Å². The molecule has 1 aromatic heterocycles. The minimum Gasteiger partial charge on any atom is -0.354 e. The summed E-state index contributed by atoms with van der Waals surface area (Å²) < 4.78 is 0. The van der Waals surface area contributed by atoms with Gasteiger partial charge in [0.15, 0.2) is 0 Å². The van der Waals surface area contributed by atoms with Crippen LogP contribution in [0.2, 0.25) is 0 Å². The zero-order valence-corrected chi connectivity index (χ0v) is 14.2. The monoisotopic (exact) mass is 323 g/mol. The Bertz CT molecular complexity index is 922. The third-order valence-electron chi connectivity index (χ3n) is 4.57. The average Bonchev–Trinajstić information content (AvgIpc) is 3.13. The predicted molar refractivity (Wildman–Crippen MR) is 106 cm³/mol.